The van der Waals surface area contributed by atoms with Gasteiger partial charge in [0, 0.05) is 11.3 Å². The molecule has 2 amide bonds. The fourth-order valence-corrected chi connectivity index (χ4v) is 3.62. The fourth-order valence-electron chi connectivity index (χ4n) is 2.88. The monoisotopic (exact) mass is 409 g/mol. The summed E-state index contributed by atoms with van der Waals surface area (Å²) in [7, 11) is 0. The molecule has 0 aliphatic carbocycles. The third kappa shape index (κ3) is 5.23. The first-order chi connectivity index (χ1) is 13.8. The summed E-state index contributed by atoms with van der Waals surface area (Å²) in [5, 5.41) is 11.8. The highest BCUT2D eigenvalue weighted by atomic mass is 32.2. The second kappa shape index (κ2) is 8.91. The number of carbonyl (C=O) groups is 2. The van der Waals surface area contributed by atoms with Crippen LogP contribution in [0.4, 0.5) is 5.69 Å². The summed E-state index contributed by atoms with van der Waals surface area (Å²) in [6.07, 6.45) is 0. The highest BCUT2D eigenvalue weighted by molar-refractivity contribution is 7.99. The number of thioether (sulfide) groups is 1. The number of rotatable bonds is 7. The highest BCUT2D eigenvalue weighted by Crippen LogP contribution is 2.25. The lowest BCUT2D eigenvalue weighted by molar-refractivity contribution is -0.118. The van der Waals surface area contributed by atoms with Crippen LogP contribution in [0.25, 0.3) is 11.4 Å². The zero-order valence-electron chi connectivity index (χ0n) is 16.6. The molecule has 0 saturated heterocycles. The van der Waals surface area contributed by atoms with Crippen molar-refractivity contribution in [2.75, 3.05) is 11.1 Å². The number of aryl methyl sites for hydroxylation is 3. The van der Waals surface area contributed by atoms with Gasteiger partial charge in [-0.05, 0) is 44.0 Å². The van der Waals surface area contributed by atoms with E-state index in [0.717, 1.165) is 27.9 Å². The maximum Gasteiger partial charge on any atom is 0.237 e. The van der Waals surface area contributed by atoms with Crippen molar-refractivity contribution in [1.82, 2.24) is 14.8 Å². The van der Waals surface area contributed by atoms with E-state index in [1.807, 2.05) is 63.2 Å². The highest BCUT2D eigenvalue weighted by Gasteiger charge is 2.17. The Morgan fingerprint density at radius 3 is 2.55 bits per heavy atom. The predicted molar refractivity (Wildman–Crippen MR) is 115 cm³/mol. The fraction of sp³-hybridized carbons (Fsp3) is 0.238. The molecule has 3 N–H and O–H groups in total. The first-order valence-electron chi connectivity index (χ1n) is 9.12. The summed E-state index contributed by atoms with van der Waals surface area (Å²) >= 11 is 1.22. The number of benzene rings is 2. The Kier molecular flexibility index (Phi) is 6.33. The van der Waals surface area contributed by atoms with E-state index in [2.05, 4.69) is 15.5 Å². The van der Waals surface area contributed by atoms with Gasteiger partial charge < -0.3 is 11.1 Å². The average Bonchev–Trinajstić information content (AvgIpc) is 3.05. The second-order valence-corrected chi connectivity index (χ2v) is 7.83. The molecule has 2 aromatic carbocycles. The number of carbonyl (C=O) groups excluding carboxylic acids is 2. The van der Waals surface area contributed by atoms with Gasteiger partial charge in [-0.2, -0.15) is 0 Å². The van der Waals surface area contributed by atoms with E-state index in [0.29, 0.717) is 11.0 Å². The number of nitrogens with two attached hydrogens (primary N) is 1. The third-order valence-corrected chi connectivity index (χ3v) is 5.27. The molecule has 1 heterocycles. The van der Waals surface area contributed by atoms with Crippen molar-refractivity contribution in [1.29, 1.82) is 0 Å². The zero-order chi connectivity index (χ0) is 21.0. The molecule has 0 unspecified atom stereocenters. The minimum Gasteiger partial charge on any atom is -0.368 e. The molecule has 3 rings (SSSR count). The van der Waals surface area contributed by atoms with Crippen LogP contribution in [0.5, 0.6) is 0 Å². The maximum absolute atomic E-state index is 12.4. The van der Waals surface area contributed by atoms with E-state index in [1.165, 1.54) is 11.8 Å². The van der Waals surface area contributed by atoms with E-state index in [9.17, 15) is 9.59 Å². The molecule has 0 bridgehead atoms. The Morgan fingerprint density at radius 2 is 1.83 bits per heavy atom. The number of nitrogens with one attached hydrogen (secondary N) is 1. The van der Waals surface area contributed by atoms with Gasteiger partial charge in [-0.3, -0.25) is 14.2 Å². The van der Waals surface area contributed by atoms with Crippen molar-refractivity contribution in [2.45, 2.75) is 32.5 Å². The molecular weight excluding hydrogens is 386 g/mol. The van der Waals surface area contributed by atoms with Crippen molar-refractivity contribution in [3.63, 3.8) is 0 Å². The topological polar surface area (TPSA) is 103 Å². The Morgan fingerprint density at radius 1 is 1.07 bits per heavy atom. The number of nitrogens with zero attached hydrogens (tertiary/aromatic N) is 3. The Balaban J connectivity index is 1.77. The van der Waals surface area contributed by atoms with Crippen molar-refractivity contribution in [3.05, 3.63) is 59.2 Å². The number of primary amides is 1. The van der Waals surface area contributed by atoms with Gasteiger partial charge in [-0.25, -0.2) is 0 Å². The summed E-state index contributed by atoms with van der Waals surface area (Å²) in [5.41, 5.74) is 10.2. The summed E-state index contributed by atoms with van der Waals surface area (Å²) < 4.78 is 1.65. The average molecular weight is 410 g/mol. The third-order valence-electron chi connectivity index (χ3n) is 4.31. The number of hydrogen-bond donors (Lipinski definition) is 2. The van der Waals surface area contributed by atoms with Crippen LogP contribution in [0.1, 0.15) is 16.7 Å². The molecule has 3 aromatic rings. The quantitative estimate of drug-likeness (QED) is 0.584. The second-order valence-electron chi connectivity index (χ2n) is 6.88. The molecular formula is C21H23N5O2S. The van der Waals surface area contributed by atoms with Crippen LogP contribution in [-0.2, 0) is 16.1 Å². The van der Waals surface area contributed by atoms with Gasteiger partial charge in [0.05, 0.1) is 5.75 Å². The number of amides is 2. The van der Waals surface area contributed by atoms with Gasteiger partial charge in [0.1, 0.15) is 6.54 Å². The van der Waals surface area contributed by atoms with Crippen molar-refractivity contribution < 1.29 is 9.59 Å². The summed E-state index contributed by atoms with van der Waals surface area (Å²) in [6, 6.07) is 13.7. The Hall–Kier alpha value is -3.13. The molecule has 0 spiro atoms. The molecule has 0 saturated carbocycles. The van der Waals surface area contributed by atoms with Gasteiger partial charge in [0.25, 0.3) is 0 Å². The van der Waals surface area contributed by atoms with E-state index < -0.39 is 5.91 Å². The minimum absolute atomic E-state index is 0.0583. The van der Waals surface area contributed by atoms with Crippen LogP contribution in [-0.4, -0.2) is 32.3 Å². The van der Waals surface area contributed by atoms with Gasteiger partial charge in [-0.15, -0.1) is 10.2 Å². The molecule has 0 aliphatic heterocycles. The molecule has 0 fully saturated rings. The molecule has 29 heavy (non-hydrogen) atoms. The summed E-state index contributed by atoms with van der Waals surface area (Å²) in [4.78, 5) is 24.0. The van der Waals surface area contributed by atoms with Gasteiger partial charge >= 0.3 is 0 Å². The predicted octanol–water partition coefficient (Wildman–Crippen LogP) is 3.09. The molecule has 0 radical (unpaired) electrons. The summed E-state index contributed by atoms with van der Waals surface area (Å²) in [6.45, 7) is 5.84. The van der Waals surface area contributed by atoms with Crippen molar-refractivity contribution in [2.24, 2.45) is 5.73 Å². The zero-order valence-corrected chi connectivity index (χ0v) is 17.4. The van der Waals surface area contributed by atoms with Crippen molar-refractivity contribution >= 4 is 29.3 Å². The molecule has 7 nitrogen and oxygen atoms in total. The van der Waals surface area contributed by atoms with Crippen LogP contribution in [0, 0.1) is 20.8 Å². The molecule has 150 valence electrons. The van der Waals surface area contributed by atoms with Gasteiger partial charge in [-0.1, -0.05) is 47.7 Å². The number of hydrogen-bond acceptors (Lipinski definition) is 5. The van der Waals surface area contributed by atoms with Crippen LogP contribution in [0.15, 0.2) is 47.6 Å². The van der Waals surface area contributed by atoms with Crippen LogP contribution in [0.2, 0.25) is 0 Å². The van der Waals surface area contributed by atoms with Crippen LogP contribution >= 0.6 is 11.8 Å². The smallest absolute Gasteiger partial charge is 0.237 e. The lowest BCUT2D eigenvalue weighted by atomic mass is 10.1. The standard InChI is InChI=1S/C21H23N5O2S/c1-13-5-4-6-16(9-13)20-24-25-21(26(20)11-18(22)27)29-12-19(28)23-17-10-14(2)7-8-15(17)3/h4-10H,11-12H2,1-3H3,(H2,22,27)(H,23,28). The number of anilines is 1. The minimum atomic E-state index is -0.500. The van der Waals surface area contributed by atoms with Crippen LogP contribution < -0.4 is 11.1 Å². The molecule has 0 atom stereocenters. The van der Waals surface area contributed by atoms with E-state index in [4.69, 9.17) is 5.73 Å². The largest absolute Gasteiger partial charge is 0.368 e. The molecule has 8 heteroatoms. The van der Waals surface area contributed by atoms with E-state index in [-0.39, 0.29) is 18.2 Å². The normalized spacial score (nSPS) is 10.7. The maximum atomic E-state index is 12.4. The molecule has 0 aliphatic rings. The molecule has 1 aromatic heterocycles. The van der Waals surface area contributed by atoms with Gasteiger partial charge in [0.15, 0.2) is 11.0 Å². The Labute approximate surface area is 173 Å². The first-order valence-corrected chi connectivity index (χ1v) is 10.1. The van der Waals surface area contributed by atoms with Gasteiger partial charge in [0.2, 0.25) is 11.8 Å². The van der Waals surface area contributed by atoms with Crippen molar-refractivity contribution in [3.8, 4) is 11.4 Å². The van der Waals surface area contributed by atoms with E-state index in [1.54, 1.807) is 4.57 Å². The number of aromatic nitrogens is 3. The van der Waals surface area contributed by atoms with Crippen LogP contribution in [0.3, 0.4) is 0 Å². The Bertz CT molecular complexity index is 1060. The van der Waals surface area contributed by atoms with E-state index >= 15 is 0 Å². The first kappa shape index (κ1) is 20.6. The SMILES string of the molecule is Cc1cccc(-c2nnc(SCC(=O)Nc3cc(C)ccc3C)n2CC(N)=O)c1. The lowest BCUT2D eigenvalue weighted by Crippen LogP contribution is -2.20. The lowest BCUT2D eigenvalue weighted by Gasteiger charge is -2.10. The summed E-state index contributed by atoms with van der Waals surface area (Å²) in [5.74, 6) is 0.0257.